The maximum Gasteiger partial charge on any atom is 0.290 e. The van der Waals surface area contributed by atoms with Crippen LogP contribution in [0.25, 0.3) is 0 Å². The average Bonchev–Trinajstić information content (AvgIpc) is 2.71. The summed E-state index contributed by atoms with van der Waals surface area (Å²) in [5.41, 5.74) is 5.41. The smallest absolute Gasteiger partial charge is 0.290 e. The lowest BCUT2D eigenvalue weighted by molar-refractivity contribution is 0.344. The molecule has 0 fully saturated rings. The molecule has 0 bridgehead atoms. The number of nitrogens with two attached hydrogens (primary N) is 1. The monoisotopic (exact) mass is 287 g/mol. The van der Waals surface area contributed by atoms with Crippen molar-refractivity contribution < 1.29 is 9.15 Å². The highest BCUT2D eigenvalue weighted by Crippen LogP contribution is 2.32. The van der Waals surface area contributed by atoms with Crippen molar-refractivity contribution in [3.8, 4) is 11.7 Å². The summed E-state index contributed by atoms with van der Waals surface area (Å²) in [6.07, 6.45) is 0. The number of ether oxygens (including phenoxy) is 1. The van der Waals surface area contributed by atoms with Crippen LogP contribution in [0.15, 0.2) is 34.7 Å². The molecule has 1 aromatic heterocycles. The minimum Gasteiger partial charge on any atom is -0.424 e. The van der Waals surface area contributed by atoms with Gasteiger partial charge in [0.25, 0.3) is 5.95 Å². The maximum atomic E-state index is 5.95. The molecule has 2 aromatic rings. The van der Waals surface area contributed by atoms with Gasteiger partial charge in [-0.05, 0) is 24.3 Å². The van der Waals surface area contributed by atoms with Crippen LogP contribution in [0, 0.1) is 0 Å². The van der Waals surface area contributed by atoms with Crippen molar-refractivity contribution in [1.82, 2.24) is 0 Å². The van der Waals surface area contributed by atoms with Crippen molar-refractivity contribution in [3.05, 3.63) is 46.1 Å². The number of halogens is 2. The molecular formula is C11H7Cl2NO2S. The van der Waals surface area contributed by atoms with E-state index in [9.17, 15) is 0 Å². The van der Waals surface area contributed by atoms with Gasteiger partial charge < -0.3 is 14.9 Å². The molecule has 0 unspecified atom stereocenters. The van der Waals surface area contributed by atoms with E-state index >= 15 is 0 Å². The third-order valence-electron chi connectivity index (χ3n) is 1.93. The second kappa shape index (κ2) is 4.96. The maximum absolute atomic E-state index is 5.95. The van der Waals surface area contributed by atoms with Gasteiger partial charge in [0.2, 0.25) is 0 Å². The van der Waals surface area contributed by atoms with Gasteiger partial charge in [-0.2, -0.15) is 0 Å². The molecule has 0 aliphatic carbocycles. The molecule has 2 N–H and O–H groups in total. The van der Waals surface area contributed by atoms with Gasteiger partial charge in [-0.1, -0.05) is 35.4 Å². The van der Waals surface area contributed by atoms with Crippen LogP contribution in [0.3, 0.4) is 0 Å². The molecule has 1 aromatic carbocycles. The Bertz CT molecular complexity index is 568. The Morgan fingerprint density at radius 2 is 2.00 bits per heavy atom. The van der Waals surface area contributed by atoms with Crippen LogP contribution < -0.4 is 10.5 Å². The zero-order valence-electron chi connectivity index (χ0n) is 8.44. The fraction of sp³-hybridized carbons (Fsp3) is 0. The van der Waals surface area contributed by atoms with E-state index in [-0.39, 0.29) is 10.9 Å². The Morgan fingerprint density at radius 1 is 1.24 bits per heavy atom. The van der Waals surface area contributed by atoms with Crippen molar-refractivity contribution in [2.45, 2.75) is 0 Å². The second-order valence-electron chi connectivity index (χ2n) is 3.16. The van der Waals surface area contributed by atoms with E-state index in [1.807, 2.05) is 0 Å². The van der Waals surface area contributed by atoms with Crippen molar-refractivity contribution in [3.63, 3.8) is 0 Å². The van der Waals surface area contributed by atoms with Gasteiger partial charge in [0.15, 0.2) is 5.76 Å². The molecule has 3 nitrogen and oxygen atoms in total. The first-order valence-corrected chi connectivity index (χ1v) is 5.75. The predicted molar refractivity (Wildman–Crippen MR) is 71.1 cm³/mol. The molecular weight excluding hydrogens is 281 g/mol. The summed E-state index contributed by atoms with van der Waals surface area (Å²) in [4.78, 5) is 0.169. The molecule has 0 atom stereocenters. The van der Waals surface area contributed by atoms with E-state index in [4.69, 9.17) is 50.3 Å². The van der Waals surface area contributed by atoms with Crippen molar-refractivity contribution in [1.29, 1.82) is 0 Å². The highest BCUT2D eigenvalue weighted by Gasteiger charge is 2.08. The van der Waals surface area contributed by atoms with Crippen LogP contribution in [-0.4, -0.2) is 4.99 Å². The number of thiocarbonyl (C=S) groups is 1. The standard InChI is InChI=1S/C11H7Cl2NO2S/c12-6-1-2-8(7(13)5-6)15-10-4-3-9(16-10)11(14)17/h1-5H,(H2,14,17). The van der Waals surface area contributed by atoms with Crippen LogP contribution in [0.2, 0.25) is 10.0 Å². The van der Waals surface area contributed by atoms with E-state index < -0.39 is 0 Å². The van der Waals surface area contributed by atoms with Crippen molar-refractivity contribution in [2.24, 2.45) is 5.73 Å². The zero-order chi connectivity index (χ0) is 12.4. The largest absolute Gasteiger partial charge is 0.424 e. The van der Waals surface area contributed by atoms with Crippen LogP contribution in [-0.2, 0) is 0 Å². The molecule has 0 saturated carbocycles. The van der Waals surface area contributed by atoms with E-state index in [2.05, 4.69) is 0 Å². The first-order valence-electron chi connectivity index (χ1n) is 4.59. The summed E-state index contributed by atoms with van der Waals surface area (Å²) in [6, 6.07) is 8.13. The molecule has 0 aliphatic heterocycles. The molecule has 0 aliphatic rings. The number of hydrogen-bond acceptors (Lipinski definition) is 3. The second-order valence-corrected chi connectivity index (χ2v) is 4.44. The summed E-state index contributed by atoms with van der Waals surface area (Å²) in [6.45, 7) is 0. The molecule has 1 heterocycles. The first-order chi connectivity index (χ1) is 8.06. The SMILES string of the molecule is NC(=S)c1ccc(Oc2ccc(Cl)cc2Cl)o1. The molecule has 17 heavy (non-hydrogen) atoms. The van der Waals surface area contributed by atoms with E-state index in [0.29, 0.717) is 21.6 Å². The topological polar surface area (TPSA) is 48.4 Å². The zero-order valence-corrected chi connectivity index (χ0v) is 10.8. The van der Waals surface area contributed by atoms with Crippen molar-refractivity contribution >= 4 is 40.4 Å². The lowest BCUT2D eigenvalue weighted by Crippen LogP contribution is -2.07. The highest BCUT2D eigenvalue weighted by atomic mass is 35.5. The van der Waals surface area contributed by atoms with Gasteiger partial charge >= 0.3 is 0 Å². The molecule has 2 rings (SSSR count). The predicted octanol–water partition coefficient (Wildman–Crippen LogP) is 4.01. The molecule has 0 spiro atoms. The normalized spacial score (nSPS) is 10.2. The van der Waals surface area contributed by atoms with Gasteiger partial charge in [0, 0.05) is 11.1 Å². The Kier molecular flexibility index (Phi) is 3.57. The lowest BCUT2D eigenvalue weighted by atomic mass is 10.3. The summed E-state index contributed by atoms with van der Waals surface area (Å²) < 4.78 is 10.7. The van der Waals surface area contributed by atoms with Crippen LogP contribution in [0.1, 0.15) is 5.76 Å². The average molecular weight is 288 g/mol. The Morgan fingerprint density at radius 3 is 2.59 bits per heavy atom. The van der Waals surface area contributed by atoms with Gasteiger partial charge in [-0.25, -0.2) is 0 Å². The number of rotatable bonds is 3. The fourth-order valence-electron chi connectivity index (χ4n) is 1.17. The first kappa shape index (κ1) is 12.2. The molecule has 0 saturated heterocycles. The molecule has 0 radical (unpaired) electrons. The molecule has 6 heteroatoms. The van der Waals surface area contributed by atoms with Crippen LogP contribution in [0.4, 0.5) is 0 Å². The minimum atomic E-state index is 0.169. The molecule has 0 amide bonds. The Labute approximate surface area is 113 Å². The Balaban J connectivity index is 2.22. The summed E-state index contributed by atoms with van der Waals surface area (Å²) in [5, 5.41) is 0.927. The highest BCUT2D eigenvalue weighted by molar-refractivity contribution is 7.80. The number of furan rings is 1. The van der Waals surface area contributed by atoms with Gasteiger partial charge in [-0.15, -0.1) is 0 Å². The van der Waals surface area contributed by atoms with Gasteiger partial charge in [0.1, 0.15) is 10.7 Å². The van der Waals surface area contributed by atoms with Crippen LogP contribution in [0.5, 0.6) is 11.7 Å². The van der Waals surface area contributed by atoms with Crippen LogP contribution >= 0.6 is 35.4 Å². The van der Waals surface area contributed by atoms with Gasteiger partial charge in [-0.3, -0.25) is 0 Å². The summed E-state index contributed by atoms with van der Waals surface area (Å²) >= 11 is 16.5. The third-order valence-corrected chi connectivity index (χ3v) is 2.66. The lowest BCUT2D eigenvalue weighted by Gasteiger charge is -2.04. The minimum absolute atomic E-state index is 0.169. The number of benzene rings is 1. The summed E-state index contributed by atoms with van der Waals surface area (Å²) in [5.74, 6) is 1.09. The van der Waals surface area contributed by atoms with Crippen molar-refractivity contribution in [2.75, 3.05) is 0 Å². The molecule has 88 valence electrons. The van der Waals surface area contributed by atoms with Gasteiger partial charge in [0.05, 0.1) is 5.02 Å². The fourth-order valence-corrected chi connectivity index (χ4v) is 1.73. The van der Waals surface area contributed by atoms with E-state index in [0.717, 1.165) is 0 Å². The summed E-state index contributed by atoms with van der Waals surface area (Å²) in [7, 11) is 0. The quantitative estimate of drug-likeness (QED) is 0.867. The Hall–Kier alpha value is -1.23. The van der Waals surface area contributed by atoms with E-state index in [1.54, 1.807) is 30.3 Å². The third kappa shape index (κ3) is 2.91. The van der Waals surface area contributed by atoms with E-state index in [1.165, 1.54) is 0 Å². The number of hydrogen-bond donors (Lipinski definition) is 1.